The van der Waals surface area contributed by atoms with Crippen molar-refractivity contribution in [2.45, 2.75) is 51.4 Å². The number of rotatable bonds is 9. The van der Waals surface area contributed by atoms with Crippen LogP contribution in [0.25, 0.3) is 0 Å². The van der Waals surface area contributed by atoms with E-state index in [4.69, 9.17) is 16.2 Å². The van der Waals surface area contributed by atoms with Gasteiger partial charge >= 0.3 is 0 Å². The second-order valence-corrected chi connectivity index (χ2v) is 9.94. The van der Waals surface area contributed by atoms with Crippen LogP contribution < -0.4 is 26.8 Å². The topological polar surface area (TPSA) is 131 Å². The van der Waals surface area contributed by atoms with Gasteiger partial charge in [-0.2, -0.15) is 0 Å². The van der Waals surface area contributed by atoms with Gasteiger partial charge in [-0.1, -0.05) is 44.2 Å². The van der Waals surface area contributed by atoms with E-state index in [1.807, 2.05) is 75.5 Å². The maximum absolute atomic E-state index is 9.62. The third-order valence-corrected chi connectivity index (χ3v) is 6.51. The molecule has 9 nitrogen and oxygen atoms in total. The molecule has 6 N–H and O–H groups in total. The van der Waals surface area contributed by atoms with E-state index in [0.29, 0.717) is 35.7 Å². The normalized spacial score (nSPS) is 18.3. The molecular formula is C29H41N7O2. The number of ether oxygens (including phenoxy) is 1. The first-order valence-corrected chi connectivity index (χ1v) is 13.1. The standard InChI is InChI=1S/C24H31N7O.C5H10O/c1-27-20-13-10-17(14-31(20)2)30-24-21(23(26)28-15-29-24)22(25)16-8-11-19(12-9-16)32-18-6-4-3-5-7-18;1-5(2)3-4-6/h3-9,11-12,15,17,20,22,27H,10,13-14,25H2,1-2H3,(H3,26,28,29,30);4-5H,3H2,1-2H3. The lowest BCUT2D eigenvalue weighted by Crippen LogP contribution is -2.51. The number of likely N-dealkylation sites (tertiary alicyclic amines) is 1. The second kappa shape index (κ2) is 14.4. The number of aldehydes is 1. The number of likely N-dealkylation sites (N-methyl/N-ethyl adjacent to an activating group) is 1. The zero-order chi connectivity index (χ0) is 27.5. The highest BCUT2D eigenvalue weighted by Crippen LogP contribution is 2.31. The van der Waals surface area contributed by atoms with Crippen molar-refractivity contribution in [3.8, 4) is 11.5 Å². The average molecular weight is 520 g/mol. The lowest BCUT2D eigenvalue weighted by atomic mass is 9.99. The Morgan fingerprint density at radius 3 is 2.34 bits per heavy atom. The smallest absolute Gasteiger partial charge is 0.136 e. The van der Waals surface area contributed by atoms with E-state index in [1.54, 1.807) is 0 Å². The summed E-state index contributed by atoms with van der Waals surface area (Å²) in [6.45, 7) is 4.94. The number of carbonyl (C=O) groups excluding carboxylic acids is 1. The van der Waals surface area contributed by atoms with Crippen LogP contribution in [0.5, 0.6) is 11.5 Å². The van der Waals surface area contributed by atoms with E-state index in [2.05, 4.69) is 32.5 Å². The van der Waals surface area contributed by atoms with E-state index in [1.165, 1.54) is 6.33 Å². The number of nitrogens with zero attached hydrogens (tertiary/aromatic N) is 3. The number of hydrogen-bond donors (Lipinski definition) is 4. The largest absolute Gasteiger partial charge is 0.457 e. The molecule has 3 aromatic rings. The molecule has 0 aliphatic carbocycles. The molecule has 1 aliphatic rings. The minimum Gasteiger partial charge on any atom is -0.457 e. The van der Waals surface area contributed by atoms with E-state index >= 15 is 0 Å². The van der Waals surface area contributed by atoms with E-state index < -0.39 is 6.04 Å². The maximum Gasteiger partial charge on any atom is 0.136 e. The van der Waals surface area contributed by atoms with Crippen molar-refractivity contribution in [2.75, 3.05) is 31.7 Å². The molecule has 0 saturated carbocycles. The summed E-state index contributed by atoms with van der Waals surface area (Å²) in [7, 11) is 4.11. The van der Waals surface area contributed by atoms with Crippen molar-refractivity contribution in [3.63, 3.8) is 0 Å². The Morgan fingerprint density at radius 2 is 1.76 bits per heavy atom. The Bertz CT molecular complexity index is 1130. The molecule has 1 aromatic heterocycles. The molecule has 0 bridgehead atoms. The fourth-order valence-corrected chi connectivity index (χ4v) is 4.38. The van der Waals surface area contributed by atoms with E-state index in [0.717, 1.165) is 42.7 Å². The third-order valence-electron chi connectivity index (χ3n) is 6.51. The van der Waals surface area contributed by atoms with Gasteiger partial charge in [0.05, 0.1) is 17.8 Å². The summed E-state index contributed by atoms with van der Waals surface area (Å²) >= 11 is 0. The number of benzene rings is 2. The SMILES string of the molecule is CC(C)CC=O.CNC1CCC(Nc2ncnc(N)c2C(N)c2ccc(Oc3ccccc3)cc2)CN1C. The van der Waals surface area contributed by atoms with Crippen LogP contribution in [0.3, 0.4) is 0 Å². The second-order valence-electron chi connectivity index (χ2n) is 9.94. The van der Waals surface area contributed by atoms with Crippen LogP contribution in [0.15, 0.2) is 60.9 Å². The van der Waals surface area contributed by atoms with Gasteiger partial charge in [-0.15, -0.1) is 0 Å². The lowest BCUT2D eigenvalue weighted by molar-refractivity contribution is -0.108. The highest BCUT2D eigenvalue weighted by Gasteiger charge is 2.27. The summed E-state index contributed by atoms with van der Waals surface area (Å²) in [5.74, 6) is 3.14. The van der Waals surface area contributed by atoms with Gasteiger partial charge < -0.3 is 31.6 Å². The first kappa shape index (κ1) is 29.0. The molecular weight excluding hydrogens is 478 g/mol. The van der Waals surface area contributed by atoms with Gasteiger partial charge in [0.15, 0.2) is 0 Å². The van der Waals surface area contributed by atoms with Crippen molar-refractivity contribution in [1.82, 2.24) is 20.2 Å². The number of aromatic nitrogens is 2. The van der Waals surface area contributed by atoms with Crippen LogP contribution in [-0.4, -0.2) is 54.0 Å². The third kappa shape index (κ3) is 8.24. The van der Waals surface area contributed by atoms with Crippen molar-refractivity contribution >= 4 is 17.9 Å². The molecule has 9 heteroatoms. The van der Waals surface area contributed by atoms with Crippen molar-refractivity contribution in [1.29, 1.82) is 0 Å². The number of piperidine rings is 1. The zero-order valence-corrected chi connectivity index (χ0v) is 22.8. The molecule has 204 valence electrons. The van der Waals surface area contributed by atoms with Gasteiger partial charge in [-0.05, 0) is 62.7 Å². The summed E-state index contributed by atoms with van der Waals surface area (Å²) in [6.07, 6.45) is 5.59. The molecule has 0 amide bonds. The molecule has 0 spiro atoms. The Hall–Kier alpha value is -3.53. The number of nitrogens with one attached hydrogen (secondary N) is 2. The maximum atomic E-state index is 9.62. The molecule has 0 radical (unpaired) electrons. The lowest BCUT2D eigenvalue weighted by Gasteiger charge is -2.37. The Labute approximate surface area is 226 Å². The predicted octanol–water partition coefficient (Wildman–Crippen LogP) is 4.18. The minimum absolute atomic E-state index is 0.256. The summed E-state index contributed by atoms with van der Waals surface area (Å²) in [5.41, 5.74) is 14.5. The Morgan fingerprint density at radius 1 is 1.08 bits per heavy atom. The molecule has 3 atom stereocenters. The van der Waals surface area contributed by atoms with Crippen LogP contribution in [0.4, 0.5) is 11.6 Å². The van der Waals surface area contributed by atoms with Crippen molar-refractivity contribution in [3.05, 3.63) is 72.1 Å². The minimum atomic E-state index is -0.462. The first-order chi connectivity index (χ1) is 18.3. The van der Waals surface area contributed by atoms with Gasteiger partial charge in [-0.3, -0.25) is 4.90 Å². The van der Waals surface area contributed by atoms with Crippen LogP contribution >= 0.6 is 0 Å². The molecule has 4 rings (SSSR count). The monoisotopic (exact) mass is 519 g/mol. The fraction of sp³-hybridized carbons (Fsp3) is 0.414. The summed E-state index contributed by atoms with van der Waals surface area (Å²) < 4.78 is 5.88. The fourth-order valence-electron chi connectivity index (χ4n) is 4.38. The van der Waals surface area contributed by atoms with Crippen LogP contribution in [-0.2, 0) is 4.79 Å². The molecule has 3 unspecified atom stereocenters. The molecule has 2 aromatic carbocycles. The molecule has 1 fully saturated rings. The molecule has 2 heterocycles. The van der Waals surface area contributed by atoms with Gasteiger partial charge in [-0.25, -0.2) is 9.97 Å². The van der Waals surface area contributed by atoms with Gasteiger partial charge in [0, 0.05) is 19.0 Å². The Balaban J connectivity index is 0.000000599. The van der Waals surface area contributed by atoms with E-state index in [9.17, 15) is 4.79 Å². The number of anilines is 2. The molecule has 1 aliphatic heterocycles. The van der Waals surface area contributed by atoms with Crippen LogP contribution in [0.1, 0.15) is 50.3 Å². The van der Waals surface area contributed by atoms with Gasteiger partial charge in [0.25, 0.3) is 0 Å². The highest BCUT2D eigenvalue weighted by molar-refractivity contribution is 5.59. The number of hydrogen-bond acceptors (Lipinski definition) is 9. The first-order valence-electron chi connectivity index (χ1n) is 13.1. The number of para-hydroxylation sites is 1. The van der Waals surface area contributed by atoms with Crippen molar-refractivity contribution < 1.29 is 9.53 Å². The zero-order valence-electron chi connectivity index (χ0n) is 22.8. The molecule has 38 heavy (non-hydrogen) atoms. The summed E-state index contributed by atoms with van der Waals surface area (Å²) in [6, 6.07) is 17.2. The summed E-state index contributed by atoms with van der Waals surface area (Å²) in [5, 5.41) is 6.90. The predicted molar refractivity (Wildman–Crippen MR) is 153 cm³/mol. The highest BCUT2D eigenvalue weighted by atomic mass is 16.5. The number of nitrogens with two attached hydrogens (primary N) is 2. The summed E-state index contributed by atoms with van der Waals surface area (Å²) in [4.78, 5) is 20.6. The number of nitrogen functional groups attached to an aromatic ring is 1. The average Bonchev–Trinajstić information content (AvgIpc) is 2.90. The van der Waals surface area contributed by atoms with E-state index in [-0.39, 0.29) is 6.04 Å². The van der Waals surface area contributed by atoms with Crippen LogP contribution in [0, 0.1) is 5.92 Å². The van der Waals surface area contributed by atoms with Crippen molar-refractivity contribution in [2.24, 2.45) is 11.7 Å². The quantitative estimate of drug-likeness (QED) is 0.307. The number of carbonyl (C=O) groups is 1. The van der Waals surface area contributed by atoms with Gasteiger partial charge in [0.2, 0.25) is 0 Å². The van der Waals surface area contributed by atoms with Crippen LogP contribution in [0.2, 0.25) is 0 Å². The van der Waals surface area contributed by atoms with Gasteiger partial charge in [0.1, 0.15) is 35.7 Å². The Kier molecular flexibility index (Phi) is 11.0. The molecule has 1 saturated heterocycles.